The van der Waals surface area contributed by atoms with Crippen LogP contribution in [0.4, 0.5) is 4.39 Å². The molecule has 8 heteroatoms. The van der Waals surface area contributed by atoms with Crippen molar-refractivity contribution in [2.75, 3.05) is 0 Å². The number of hydrogen-bond donors (Lipinski definition) is 0. The van der Waals surface area contributed by atoms with Crippen LogP contribution in [-0.4, -0.2) is 25.0 Å². The third-order valence-electron chi connectivity index (χ3n) is 3.50. The molecule has 0 radical (unpaired) electrons. The van der Waals surface area contributed by atoms with Crippen LogP contribution in [0.25, 0.3) is 5.69 Å². The summed E-state index contributed by atoms with van der Waals surface area (Å²) >= 11 is 5.73. The van der Waals surface area contributed by atoms with Gasteiger partial charge in [0, 0.05) is 0 Å². The average molecular weight is 348 g/mol. The van der Waals surface area contributed by atoms with E-state index in [1.807, 2.05) is 13.0 Å². The lowest BCUT2D eigenvalue weighted by Crippen LogP contribution is -2.03. The van der Waals surface area contributed by atoms with E-state index < -0.39 is 6.17 Å². The van der Waals surface area contributed by atoms with E-state index >= 15 is 0 Å². The van der Waals surface area contributed by atoms with Crippen LogP contribution >= 0.6 is 11.6 Å². The number of aromatic nitrogens is 5. The molecule has 0 aliphatic heterocycles. The van der Waals surface area contributed by atoms with Gasteiger partial charge in [-0.3, -0.25) is 0 Å². The van der Waals surface area contributed by atoms with E-state index in [2.05, 4.69) is 20.3 Å². The van der Waals surface area contributed by atoms with Crippen molar-refractivity contribution in [2.45, 2.75) is 26.6 Å². The molecule has 1 unspecified atom stereocenters. The highest BCUT2D eigenvalue weighted by Gasteiger charge is 2.13. The lowest BCUT2D eigenvalue weighted by Gasteiger charge is -2.07. The summed E-state index contributed by atoms with van der Waals surface area (Å²) in [5.41, 5.74) is 2.78. The van der Waals surface area contributed by atoms with Crippen molar-refractivity contribution in [1.82, 2.24) is 25.0 Å². The second-order valence-corrected chi connectivity index (χ2v) is 5.65. The topological polar surface area (TPSA) is 65.7 Å². The summed E-state index contributed by atoms with van der Waals surface area (Å²) in [6, 6.07) is 7.34. The van der Waals surface area contributed by atoms with Gasteiger partial charge in [-0.15, -0.1) is 5.10 Å². The summed E-state index contributed by atoms with van der Waals surface area (Å²) in [5.74, 6) is 0. The van der Waals surface area contributed by atoms with Gasteiger partial charge in [0.1, 0.15) is 18.5 Å². The molecule has 0 bridgehead atoms. The minimum atomic E-state index is -1.04. The Kier molecular flexibility index (Phi) is 4.71. The van der Waals surface area contributed by atoms with Gasteiger partial charge in [-0.25, -0.2) is 19.0 Å². The first-order valence-electron chi connectivity index (χ1n) is 7.30. The normalized spacial score (nSPS) is 12.2. The third-order valence-corrected chi connectivity index (χ3v) is 3.69. The van der Waals surface area contributed by atoms with Gasteiger partial charge >= 0.3 is 6.01 Å². The standard InChI is InChI=1S/C16H15ClFN5O/c1-10(18)12-4-3-5-14(6-12)23-11(2)15(21-22-23)9-24-16-19-7-13(17)8-20-16/h3-8,10H,9H2,1-2H3. The molecule has 0 aliphatic carbocycles. The van der Waals surface area contributed by atoms with Crippen molar-refractivity contribution in [2.24, 2.45) is 0 Å². The molecule has 3 aromatic rings. The maximum Gasteiger partial charge on any atom is 0.316 e. The maximum atomic E-state index is 13.5. The van der Waals surface area contributed by atoms with Crippen LogP contribution in [-0.2, 0) is 6.61 Å². The Labute approximate surface area is 143 Å². The van der Waals surface area contributed by atoms with E-state index in [1.165, 1.54) is 19.3 Å². The zero-order valence-electron chi connectivity index (χ0n) is 13.1. The Balaban J connectivity index is 1.78. The fourth-order valence-corrected chi connectivity index (χ4v) is 2.25. The molecule has 24 heavy (non-hydrogen) atoms. The van der Waals surface area contributed by atoms with Crippen molar-refractivity contribution >= 4 is 11.6 Å². The Morgan fingerprint density at radius 1 is 1.29 bits per heavy atom. The fourth-order valence-electron chi connectivity index (χ4n) is 2.15. The highest BCUT2D eigenvalue weighted by Crippen LogP contribution is 2.21. The Bertz CT molecular complexity index is 835. The number of ether oxygens (including phenoxy) is 1. The minimum Gasteiger partial charge on any atom is -0.457 e. The molecule has 1 atom stereocenters. The number of nitrogens with zero attached hydrogens (tertiary/aromatic N) is 5. The lowest BCUT2D eigenvalue weighted by molar-refractivity contribution is 0.275. The molecule has 0 saturated carbocycles. The Morgan fingerprint density at radius 3 is 2.75 bits per heavy atom. The van der Waals surface area contributed by atoms with Crippen molar-refractivity contribution < 1.29 is 9.13 Å². The summed E-state index contributed by atoms with van der Waals surface area (Å²) in [7, 11) is 0. The van der Waals surface area contributed by atoms with Gasteiger partial charge in [-0.05, 0) is 31.5 Å². The van der Waals surface area contributed by atoms with Gasteiger partial charge in [-0.1, -0.05) is 28.9 Å². The second kappa shape index (κ2) is 6.92. The summed E-state index contributed by atoms with van der Waals surface area (Å²) < 4.78 is 20.6. The van der Waals surface area contributed by atoms with Gasteiger partial charge < -0.3 is 4.74 Å². The third kappa shape index (κ3) is 3.51. The molecule has 6 nitrogen and oxygen atoms in total. The van der Waals surface area contributed by atoms with Gasteiger partial charge in [0.2, 0.25) is 0 Å². The Hall–Kier alpha value is -2.54. The molecule has 1 aromatic carbocycles. The average Bonchev–Trinajstić information content (AvgIpc) is 2.95. The van der Waals surface area contributed by atoms with Crippen LogP contribution < -0.4 is 4.74 Å². The van der Waals surface area contributed by atoms with E-state index in [-0.39, 0.29) is 12.6 Å². The molecule has 124 valence electrons. The zero-order valence-corrected chi connectivity index (χ0v) is 13.9. The van der Waals surface area contributed by atoms with Gasteiger partial charge in [0.05, 0.1) is 28.8 Å². The molecular formula is C16H15ClFN5O. The molecule has 0 fully saturated rings. The summed E-state index contributed by atoms with van der Waals surface area (Å²) in [5, 5.41) is 8.66. The molecule has 2 heterocycles. The zero-order chi connectivity index (χ0) is 17.1. The van der Waals surface area contributed by atoms with Crippen LogP contribution in [0.2, 0.25) is 5.02 Å². The van der Waals surface area contributed by atoms with Crippen LogP contribution in [0.3, 0.4) is 0 Å². The van der Waals surface area contributed by atoms with Crippen molar-refractivity contribution in [3.05, 3.63) is 58.6 Å². The lowest BCUT2D eigenvalue weighted by atomic mass is 10.1. The van der Waals surface area contributed by atoms with Crippen molar-refractivity contribution in [3.8, 4) is 11.7 Å². The molecular weight excluding hydrogens is 333 g/mol. The Morgan fingerprint density at radius 2 is 2.04 bits per heavy atom. The predicted molar refractivity (Wildman–Crippen MR) is 87.0 cm³/mol. The van der Waals surface area contributed by atoms with Crippen molar-refractivity contribution in [1.29, 1.82) is 0 Å². The molecule has 0 amide bonds. The SMILES string of the molecule is Cc1c(COc2ncc(Cl)cn2)nnn1-c1cccc(C(C)F)c1. The highest BCUT2D eigenvalue weighted by atomic mass is 35.5. The van der Waals surface area contributed by atoms with Crippen molar-refractivity contribution in [3.63, 3.8) is 0 Å². The van der Waals surface area contributed by atoms with E-state index in [4.69, 9.17) is 16.3 Å². The van der Waals surface area contributed by atoms with Crippen LogP contribution in [0.15, 0.2) is 36.7 Å². The smallest absolute Gasteiger partial charge is 0.316 e. The molecule has 0 spiro atoms. The van der Waals surface area contributed by atoms with Gasteiger partial charge in [0.15, 0.2) is 0 Å². The highest BCUT2D eigenvalue weighted by molar-refractivity contribution is 6.30. The summed E-state index contributed by atoms with van der Waals surface area (Å²) in [6.07, 6.45) is 1.87. The number of rotatable bonds is 5. The van der Waals surface area contributed by atoms with Crippen LogP contribution in [0, 0.1) is 6.92 Å². The van der Waals surface area contributed by atoms with Gasteiger partial charge in [0.25, 0.3) is 0 Å². The van der Waals surface area contributed by atoms with Crippen LogP contribution in [0.1, 0.15) is 30.0 Å². The predicted octanol–water partition coefficient (Wildman–Crippen LogP) is 3.63. The van der Waals surface area contributed by atoms with E-state index in [0.29, 0.717) is 16.3 Å². The molecule has 0 saturated heterocycles. The first kappa shape index (κ1) is 16.3. The van der Waals surface area contributed by atoms with E-state index in [9.17, 15) is 4.39 Å². The second-order valence-electron chi connectivity index (χ2n) is 5.22. The molecule has 2 aromatic heterocycles. The first-order valence-corrected chi connectivity index (χ1v) is 7.68. The number of hydrogen-bond acceptors (Lipinski definition) is 5. The van der Waals surface area contributed by atoms with E-state index in [1.54, 1.807) is 22.9 Å². The number of halogens is 2. The summed E-state index contributed by atoms with van der Waals surface area (Å²) in [4.78, 5) is 7.91. The minimum absolute atomic E-state index is 0.173. The quantitative estimate of drug-likeness (QED) is 0.705. The monoisotopic (exact) mass is 347 g/mol. The summed E-state index contributed by atoms with van der Waals surface area (Å²) in [6.45, 7) is 3.54. The van der Waals surface area contributed by atoms with Gasteiger partial charge in [-0.2, -0.15) is 0 Å². The maximum absolute atomic E-state index is 13.5. The number of benzene rings is 1. The van der Waals surface area contributed by atoms with Crippen LogP contribution in [0.5, 0.6) is 6.01 Å². The largest absolute Gasteiger partial charge is 0.457 e. The van der Waals surface area contributed by atoms with E-state index in [0.717, 1.165) is 11.4 Å². The fraction of sp³-hybridized carbons (Fsp3) is 0.250. The molecule has 3 rings (SSSR count). The molecule has 0 aliphatic rings. The molecule has 0 N–H and O–H groups in total. The number of alkyl halides is 1. The first-order chi connectivity index (χ1) is 11.5.